The lowest BCUT2D eigenvalue weighted by molar-refractivity contribution is 0.155. The van der Waals surface area contributed by atoms with Gasteiger partial charge in [0.2, 0.25) is 5.88 Å². The van der Waals surface area contributed by atoms with Crippen LogP contribution in [0.5, 0.6) is 23.1 Å². The first-order valence-electron chi connectivity index (χ1n) is 9.89. The van der Waals surface area contributed by atoms with E-state index in [1.807, 2.05) is 12.1 Å². The molecule has 0 saturated heterocycles. The third-order valence-electron chi connectivity index (χ3n) is 4.74. The van der Waals surface area contributed by atoms with E-state index in [1.54, 1.807) is 62.8 Å². The SMILES string of the molecule is COc1cc2ncnc(Oc3ccc(NC(=O)OCc4ccccc4Cl)cc3)c2cc1OC. The average molecular weight is 466 g/mol. The molecule has 1 amide bonds. The molecule has 1 heterocycles. The zero-order valence-electron chi connectivity index (χ0n) is 17.9. The average Bonchev–Trinajstić information content (AvgIpc) is 2.84. The second kappa shape index (κ2) is 10.1. The molecule has 0 aliphatic carbocycles. The van der Waals surface area contributed by atoms with Crippen molar-refractivity contribution in [3.05, 3.63) is 77.6 Å². The number of benzene rings is 3. The molecule has 0 bridgehead atoms. The summed E-state index contributed by atoms with van der Waals surface area (Å²) < 4.78 is 21.8. The molecule has 0 spiro atoms. The van der Waals surface area contributed by atoms with E-state index in [9.17, 15) is 4.79 Å². The second-order valence-corrected chi connectivity index (χ2v) is 7.23. The number of carbonyl (C=O) groups excluding carboxylic acids is 1. The Labute approximate surface area is 195 Å². The fourth-order valence-corrected chi connectivity index (χ4v) is 3.26. The molecular weight excluding hydrogens is 446 g/mol. The van der Waals surface area contributed by atoms with E-state index in [0.29, 0.717) is 44.7 Å². The van der Waals surface area contributed by atoms with Crippen molar-refractivity contribution >= 4 is 34.3 Å². The summed E-state index contributed by atoms with van der Waals surface area (Å²) in [7, 11) is 3.11. The molecule has 0 saturated carbocycles. The van der Waals surface area contributed by atoms with Gasteiger partial charge in [-0.25, -0.2) is 14.8 Å². The Kier molecular flexibility index (Phi) is 6.75. The number of nitrogens with one attached hydrogen (secondary N) is 1. The first kappa shape index (κ1) is 22.2. The summed E-state index contributed by atoms with van der Waals surface area (Å²) in [5.41, 5.74) is 1.92. The van der Waals surface area contributed by atoms with Crippen LogP contribution in [-0.4, -0.2) is 30.3 Å². The van der Waals surface area contributed by atoms with Crippen LogP contribution in [0.1, 0.15) is 5.56 Å². The molecule has 0 atom stereocenters. The largest absolute Gasteiger partial charge is 0.493 e. The number of nitrogens with zero attached hydrogens (tertiary/aromatic N) is 2. The quantitative estimate of drug-likeness (QED) is 0.366. The Bertz CT molecular complexity index is 1280. The minimum absolute atomic E-state index is 0.0712. The Morgan fingerprint density at radius 3 is 2.42 bits per heavy atom. The van der Waals surface area contributed by atoms with E-state index < -0.39 is 6.09 Å². The Hall–Kier alpha value is -4.04. The predicted octanol–water partition coefficient (Wildman–Crippen LogP) is 5.84. The number of carbonyl (C=O) groups is 1. The van der Waals surface area contributed by atoms with Crippen LogP contribution < -0.4 is 19.5 Å². The van der Waals surface area contributed by atoms with Crippen molar-refractivity contribution in [1.29, 1.82) is 0 Å². The first-order chi connectivity index (χ1) is 16.1. The van der Waals surface area contributed by atoms with Gasteiger partial charge in [0.15, 0.2) is 11.5 Å². The van der Waals surface area contributed by atoms with Crippen molar-refractivity contribution in [2.75, 3.05) is 19.5 Å². The highest BCUT2D eigenvalue weighted by molar-refractivity contribution is 6.31. The molecule has 0 unspecified atom stereocenters. The van der Waals surface area contributed by atoms with Crippen LogP contribution in [0.2, 0.25) is 5.02 Å². The van der Waals surface area contributed by atoms with Crippen molar-refractivity contribution in [1.82, 2.24) is 9.97 Å². The summed E-state index contributed by atoms with van der Waals surface area (Å²) >= 11 is 6.07. The van der Waals surface area contributed by atoms with Crippen molar-refractivity contribution in [3.63, 3.8) is 0 Å². The van der Waals surface area contributed by atoms with Gasteiger partial charge >= 0.3 is 6.09 Å². The van der Waals surface area contributed by atoms with Crippen molar-refractivity contribution in [2.24, 2.45) is 0 Å². The lowest BCUT2D eigenvalue weighted by Gasteiger charge is -2.12. The van der Waals surface area contributed by atoms with Crippen LogP contribution in [-0.2, 0) is 11.3 Å². The number of hydrogen-bond acceptors (Lipinski definition) is 7. The van der Waals surface area contributed by atoms with Gasteiger partial charge in [-0.2, -0.15) is 0 Å². The first-order valence-corrected chi connectivity index (χ1v) is 10.3. The van der Waals surface area contributed by atoms with Gasteiger partial charge in [0.1, 0.15) is 18.7 Å². The molecule has 4 aromatic rings. The van der Waals surface area contributed by atoms with E-state index in [-0.39, 0.29) is 6.61 Å². The maximum atomic E-state index is 12.1. The molecule has 1 N–H and O–H groups in total. The number of halogens is 1. The number of fused-ring (bicyclic) bond motifs is 1. The molecule has 0 fully saturated rings. The number of anilines is 1. The van der Waals surface area contributed by atoms with Gasteiger partial charge in [0, 0.05) is 22.3 Å². The lowest BCUT2D eigenvalue weighted by atomic mass is 10.2. The van der Waals surface area contributed by atoms with Gasteiger partial charge in [-0.3, -0.25) is 5.32 Å². The van der Waals surface area contributed by atoms with Gasteiger partial charge in [-0.15, -0.1) is 0 Å². The van der Waals surface area contributed by atoms with Gasteiger partial charge in [-0.05, 0) is 36.4 Å². The summed E-state index contributed by atoms with van der Waals surface area (Å²) in [4.78, 5) is 20.6. The summed E-state index contributed by atoms with van der Waals surface area (Å²) in [6, 6.07) is 17.5. The third-order valence-corrected chi connectivity index (χ3v) is 5.10. The lowest BCUT2D eigenvalue weighted by Crippen LogP contribution is -2.13. The van der Waals surface area contributed by atoms with E-state index in [2.05, 4.69) is 15.3 Å². The molecule has 168 valence electrons. The summed E-state index contributed by atoms with van der Waals surface area (Å²) in [6.07, 6.45) is 0.820. The Balaban J connectivity index is 1.43. The molecule has 8 nitrogen and oxygen atoms in total. The van der Waals surface area contributed by atoms with E-state index in [1.165, 1.54) is 6.33 Å². The van der Waals surface area contributed by atoms with Crippen LogP contribution >= 0.6 is 11.6 Å². The van der Waals surface area contributed by atoms with Crippen LogP contribution in [0, 0.1) is 0 Å². The maximum absolute atomic E-state index is 12.1. The summed E-state index contributed by atoms with van der Waals surface area (Å²) in [5.74, 6) is 1.99. The highest BCUT2D eigenvalue weighted by Gasteiger charge is 2.13. The van der Waals surface area contributed by atoms with E-state index >= 15 is 0 Å². The van der Waals surface area contributed by atoms with Gasteiger partial charge in [-0.1, -0.05) is 29.8 Å². The zero-order chi connectivity index (χ0) is 23.2. The molecule has 3 aromatic carbocycles. The standard InChI is InChI=1S/C24H20ClN3O5/c1-30-21-11-18-20(12-22(21)31-2)26-14-27-23(18)33-17-9-7-16(8-10-17)28-24(29)32-13-15-5-3-4-6-19(15)25/h3-12,14H,13H2,1-2H3,(H,28,29). The van der Waals surface area contributed by atoms with E-state index in [4.69, 9.17) is 30.5 Å². The fraction of sp³-hybridized carbons (Fsp3) is 0.125. The fourth-order valence-electron chi connectivity index (χ4n) is 3.07. The summed E-state index contributed by atoms with van der Waals surface area (Å²) in [5, 5.41) is 3.87. The smallest absolute Gasteiger partial charge is 0.411 e. The van der Waals surface area contributed by atoms with E-state index in [0.717, 1.165) is 5.56 Å². The minimum atomic E-state index is -0.591. The summed E-state index contributed by atoms with van der Waals surface area (Å²) in [6.45, 7) is 0.0712. The van der Waals surface area contributed by atoms with Crippen molar-refractivity contribution < 1.29 is 23.7 Å². The molecule has 1 aromatic heterocycles. The number of methoxy groups -OCH3 is 2. The molecule has 0 radical (unpaired) electrons. The number of rotatable bonds is 7. The van der Waals surface area contributed by atoms with Gasteiger partial charge in [0.25, 0.3) is 0 Å². The van der Waals surface area contributed by atoms with Crippen LogP contribution in [0.3, 0.4) is 0 Å². The molecular formula is C24H20ClN3O5. The predicted molar refractivity (Wildman–Crippen MR) is 124 cm³/mol. The van der Waals surface area contributed by atoms with Gasteiger partial charge in [0.05, 0.1) is 25.1 Å². The normalized spacial score (nSPS) is 10.5. The number of amides is 1. The minimum Gasteiger partial charge on any atom is -0.493 e. The maximum Gasteiger partial charge on any atom is 0.411 e. The molecule has 0 aliphatic heterocycles. The highest BCUT2D eigenvalue weighted by atomic mass is 35.5. The van der Waals surface area contributed by atoms with Crippen LogP contribution in [0.15, 0.2) is 67.0 Å². The monoisotopic (exact) mass is 465 g/mol. The second-order valence-electron chi connectivity index (χ2n) is 6.82. The molecule has 4 rings (SSSR count). The van der Waals surface area contributed by atoms with Crippen LogP contribution in [0.25, 0.3) is 10.9 Å². The molecule has 0 aliphatic rings. The van der Waals surface area contributed by atoms with Gasteiger partial charge < -0.3 is 18.9 Å². The molecule has 9 heteroatoms. The van der Waals surface area contributed by atoms with Crippen LogP contribution in [0.4, 0.5) is 10.5 Å². The highest BCUT2D eigenvalue weighted by Crippen LogP contribution is 2.35. The Morgan fingerprint density at radius 2 is 1.70 bits per heavy atom. The topological polar surface area (TPSA) is 91.8 Å². The third kappa shape index (κ3) is 5.24. The number of hydrogen-bond donors (Lipinski definition) is 1. The van der Waals surface area contributed by atoms with Crippen molar-refractivity contribution in [2.45, 2.75) is 6.61 Å². The number of ether oxygens (including phenoxy) is 4. The molecule has 33 heavy (non-hydrogen) atoms. The van der Waals surface area contributed by atoms with Crippen molar-refractivity contribution in [3.8, 4) is 23.1 Å². The zero-order valence-corrected chi connectivity index (χ0v) is 18.6. The number of aromatic nitrogens is 2. The Morgan fingerprint density at radius 1 is 0.970 bits per heavy atom.